The predicted octanol–water partition coefficient (Wildman–Crippen LogP) is 5.80. The molecule has 0 aliphatic heterocycles. The van der Waals surface area contributed by atoms with Crippen LogP contribution >= 0.6 is 46.1 Å². The Morgan fingerprint density at radius 2 is 1.93 bits per heavy atom. The molecule has 29 heavy (non-hydrogen) atoms. The van der Waals surface area contributed by atoms with Crippen molar-refractivity contribution in [2.24, 2.45) is 4.99 Å². The number of aryl methyl sites for hydroxylation is 1. The van der Waals surface area contributed by atoms with Gasteiger partial charge < -0.3 is 4.74 Å². The number of ether oxygens (including phenoxy) is 1. The molecule has 2 aromatic carbocycles. The number of hydrogen-bond acceptors (Lipinski definition) is 5. The second-order valence-corrected chi connectivity index (χ2v) is 8.36. The summed E-state index contributed by atoms with van der Waals surface area (Å²) in [5.74, 6) is 0.748. The summed E-state index contributed by atoms with van der Waals surface area (Å²) in [7, 11) is 1.61. The summed E-state index contributed by atoms with van der Waals surface area (Å²) in [5.41, 5.74) is 1.80. The quantitative estimate of drug-likeness (QED) is 0.385. The second-order valence-electron chi connectivity index (χ2n) is 6.10. The Balaban J connectivity index is 1.73. The lowest BCUT2D eigenvalue weighted by molar-refractivity contribution is 0.415. The maximum Gasteiger partial charge on any atom is 0.280 e. The van der Waals surface area contributed by atoms with E-state index in [4.69, 9.17) is 39.5 Å². The van der Waals surface area contributed by atoms with Crippen LogP contribution in [0.25, 0.3) is 15.9 Å². The summed E-state index contributed by atoms with van der Waals surface area (Å²) < 4.78 is 7.45. The zero-order chi connectivity index (χ0) is 20.7. The summed E-state index contributed by atoms with van der Waals surface area (Å²) in [6, 6.07) is 8.64. The van der Waals surface area contributed by atoms with Crippen LogP contribution in [0, 0.1) is 6.92 Å². The Labute approximate surface area is 184 Å². The number of aromatic amines is 1. The third kappa shape index (κ3) is 3.79. The smallest absolute Gasteiger partial charge is 0.280 e. The standard InChI is InChI=1S/C19H13Cl3N4O2S/c1-9-12(8-23-19-24-15-4-3-11(28-2)7-16(15)29-19)18(27)26(25-9)17-13(21)5-10(20)6-14(17)22/h3-8,25H,1-2H3/b23-8+. The Morgan fingerprint density at radius 1 is 1.21 bits per heavy atom. The van der Waals surface area contributed by atoms with Gasteiger partial charge in [-0.15, -0.1) is 0 Å². The molecular formula is C19H13Cl3N4O2S. The van der Waals surface area contributed by atoms with Gasteiger partial charge in [0.2, 0.25) is 5.13 Å². The first-order valence-electron chi connectivity index (χ1n) is 8.32. The molecule has 0 fully saturated rings. The van der Waals surface area contributed by atoms with Crippen molar-refractivity contribution in [2.75, 3.05) is 7.11 Å². The first-order chi connectivity index (χ1) is 13.9. The summed E-state index contributed by atoms with van der Waals surface area (Å²) in [6.45, 7) is 1.76. The maximum absolute atomic E-state index is 12.9. The maximum atomic E-state index is 12.9. The summed E-state index contributed by atoms with van der Waals surface area (Å²) in [4.78, 5) is 21.7. The molecule has 0 saturated carbocycles. The Hall–Kier alpha value is -2.32. The fourth-order valence-electron chi connectivity index (χ4n) is 2.81. The zero-order valence-corrected chi connectivity index (χ0v) is 18.2. The van der Waals surface area contributed by atoms with E-state index < -0.39 is 0 Å². The van der Waals surface area contributed by atoms with E-state index in [1.165, 1.54) is 34.4 Å². The number of fused-ring (bicyclic) bond motifs is 1. The molecule has 0 aliphatic rings. The van der Waals surface area contributed by atoms with Crippen LogP contribution in [0.3, 0.4) is 0 Å². The largest absolute Gasteiger partial charge is 0.497 e. The molecule has 4 aromatic rings. The lowest BCUT2D eigenvalue weighted by atomic mass is 10.3. The molecule has 4 rings (SSSR count). The van der Waals surface area contributed by atoms with Crippen LogP contribution in [0.5, 0.6) is 5.75 Å². The Morgan fingerprint density at radius 3 is 2.62 bits per heavy atom. The number of methoxy groups -OCH3 is 1. The third-order valence-electron chi connectivity index (χ3n) is 4.21. The van der Waals surface area contributed by atoms with E-state index in [0.29, 0.717) is 27.1 Å². The van der Waals surface area contributed by atoms with E-state index in [-0.39, 0.29) is 15.6 Å². The van der Waals surface area contributed by atoms with Crippen molar-refractivity contribution < 1.29 is 4.74 Å². The molecular weight excluding hydrogens is 455 g/mol. The van der Waals surface area contributed by atoms with Crippen LogP contribution in [-0.2, 0) is 0 Å². The third-order valence-corrected chi connectivity index (χ3v) is 5.93. The lowest BCUT2D eigenvalue weighted by Gasteiger charge is -2.07. The second kappa shape index (κ2) is 7.84. The van der Waals surface area contributed by atoms with Crippen molar-refractivity contribution in [1.29, 1.82) is 0 Å². The fraction of sp³-hybridized carbons (Fsp3) is 0.105. The van der Waals surface area contributed by atoms with Crippen LogP contribution in [0.1, 0.15) is 11.3 Å². The van der Waals surface area contributed by atoms with Crippen LogP contribution in [0.4, 0.5) is 5.13 Å². The van der Waals surface area contributed by atoms with Gasteiger partial charge in [-0.05, 0) is 37.3 Å². The summed E-state index contributed by atoms with van der Waals surface area (Å²) in [5, 5.41) is 4.41. The topological polar surface area (TPSA) is 72.3 Å². The van der Waals surface area contributed by atoms with Gasteiger partial charge in [-0.3, -0.25) is 9.89 Å². The van der Waals surface area contributed by atoms with Gasteiger partial charge in [0.25, 0.3) is 5.56 Å². The van der Waals surface area contributed by atoms with E-state index >= 15 is 0 Å². The van der Waals surface area contributed by atoms with Crippen molar-refractivity contribution in [2.45, 2.75) is 6.92 Å². The van der Waals surface area contributed by atoms with Gasteiger partial charge in [0.15, 0.2) is 0 Å². The highest BCUT2D eigenvalue weighted by molar-refractivity contribution is 7.22. The van der Waals surface area contributed by atoms with Gasteiger partial charge >= 0.3 is 0 Å². The van der Waals surface area contributed by atoms with Gasteiger partial charge in [-0.25, -0.2) is 14.7 Å². The van der Waals surface area contributed by atoms with E-state index in [1.54, 1.807) is 14.0 Å². The van der Waals surface area contributed by atoms with Gasteiger partial charge in [0.05, 0.1) is 32.9 Å². The number of hydrogen-bond donors (Lipinski definition) is 1. The Kier molecular flexibility index (Phi) is 5.40. The molecule has 2 aromatic heterocycles. The fourth-order valence-corrected chi connectivity index (χ4v) is 4.64. The first-order valence-corrected chi connectivity index (χ1v) is 10.3. The molecule has 148 valence electrons. The summed E-state index contributed by atoms with van der Waals surface area (Å²) in [6.07, 6.45) is 1.48. The van der Waals surface area contributed by atoms with Crippen LogP contribution in [0.2, 0.25) is 15.1 Å². The van der Waals surface area contributed by atoms with Crippen molar-refractivity contribution in [3.05, 3.63) is 67.0 Å². The van der Waals surface area contributed by atoms with E-state index in [9.17, 15) is 4.79 Å². The number of H-pyrrole nitrogens is 1. The molecule has 0 spiro atoms. The van der Waals surface area contributed by atoms with Crippen molar-refractivity contribution >= 4 is 67.7 Å². The number of benzene rings is 2. The highest BCUT2D eigenvalue weighted by atomic mass is 35.5. The van der Waals surface area contributed by atoms with Gasteiger partial charge in [0.1, 0.15) is 11.4 Å². The van der Waals surface area contributed by atoms with Crippen LogP contribution in [0.15, 0.2) is 40.1 Å². The average Bonchev–Trinajstić information content (AvgIpc) is 3.19. The van der Waals surface area contributed by atoms with Gasteiger partial charge in [-0.1, -0.05) is 46.1 Å². The molecule has 1 N–H and O–H groups in total. The first kappa shape index (κ1) is 20.0. The van der Waals surface area contributed by atoms with Crippen molar-refractivity contribution in [3.8, 4) is 11.4 Å². The molecule has 0 radical (unpaired) electrons. The number of halogens is 3. The molecule has 10 heteroatoms. The van der Waals surface area contributed by atoms with Gasteiger partial charge in [-0.2, -0.15) is 0 Å². The highest BCUT2D eigenvalue weighted by Crippen LogP contribution is 2.32. The van der Waals surface area contributed by atoms with Gasteiger partial charge in [0, 0.05) is 16.9 Å². The monoisotopic (exact) mass is 466 g/mol. The van der Waals surface area contributed by atoms with Crippen LogP contribution < -0.4 is 10.3 Å². The molecule has 2 heterocycles. The molecule has 0 unspecified atom stereocenters. The molecule has 0 bridgehead atoms. The number of aliphatic imine (C=N–C) groups is 1. The van der Waals surface area contributed by atoms with Crippen LogP contribution in [-0.4, -0.2) is 28.1 Å². The normalized spacial score (nSPS) is 11.6. The minimum absolute atomic E-state index is 0.259. The molecule has 0 atom stereocenters. The highest BCUT2D eigenvalue weighted by Gasteiger charge is 2.17. The number of nitrogens with one attached hydrogen (secondary N) is 1. The molecule has 6 nitrogen and oxygen atoms in total. The van der Waals surface area contributed by atoms with Crippen molar-refractivity contribution in [3.63, 3.8) is 0 Å². The number of aromatic nitrogens is 3. The summed E-state index contributed by atoms with van der Waals surface area (Å²) >= 11 is 19.8. The number of nitrogens with zero attached hydrogens (tertiary/aromatic N) is 3. The average molecular weight is 468 g/mol. The zero-order valence-electron chi connectivity index (χ0n) is 15.2. The SMILES string of the molecule is COc1ccc2nc(/N=C/c3c(C)[nH]n(-c4c(Cl)cc(Cl)cc4Cl)c3=O)sc2c1. The van der Waals surface area contributed by atoms with E-state index in [0.717, 1.165) is 16.0 Å². The minimum Gasteiger partial charge on any atom is -0.497 e. The number of thiazole rings is 1. The molecule has 0 aliphatic carbocycles. The predicted molar refractivity (Wildman–Crippen MR) is 120 cm³/mol. The van der Waals surface area contributed by atoms with Crippen molar-refractivity contribution in [1.82, 2.24) is 14.8 Å². The molecule has 0 amide bonds. The number of rotatable bonds is 4. The van der Waals surface area contributed by atoms with E-state index in [1.807, 2.05) is 18.2 Å². The lowest BCUT2D eigenvalue weighted by Crippen LogP contribution is -2.18. The van der Waals surface area contributed by atoms with E-state index in [2.05, 4.69) is 15.1 Å². The Bertz CT molecular complexity index is 1300. The molecule has 0 saturated heterocycles. The minimum atomic E-state index is -0.333.